The minimum atomic E-state index is -1.24. The predicted octanol–water partition coefficient (Wildman–Crippen LogP) is 1.70. The van der Waals surface area contributed by atoms with Gasteiger partial charge in [0.25, 0.3) is 0 Å². The smallest absolute Gasteiger partial charge is 0.359 e. The Labute approximate surface area is 124 Å². The summed E-state index contributed by atoms with van der Waals surface area (Å²) < 4.78 is 18.5. The van der Waals surface area contributed by atoms with Gasteiger partial charge in [0.2, 0.25) is 0 Å². The first-order valence-electron chi connectivity index (χ1n) is 7.52. The molecule has 0 saturated carbocycles. The van der Waals surface area contributed by atoms with Gasteiger partial charge in [-0.3, -0.25) is 4.90 Å². The summed E-state index contributed by atoms with van der Waals surface area (Å²) in [6.45, 7) is 6.87. The van der Waals surface area contributed by atoms with Crippen LogP contribution in [-0.4, -0.2) is 78.4 Å². The number of amides is 2. The highest BCUT2D eigenvalue weighted by atomic mass is 19.1. The van der Waals surface area contributed by atoms with E-state index >= 15 is 0 Å². The molecule has 0 N–H and O–H groups in total. The summed E-state index contributed by atoms with van der Waals surface area (Å²) in [5.74, 6) is 0. The molecule has 2 saturated heterocycles. The van der Waals surface area contributed by atoms with E-state index in [0.717, 1.165) is 12.8 Å². The fourth-order valence-corrected chi connectivity index (χ4v) is 2.72. The van der Waals surface area contributed by atoms with Crippen LogP contribution in [0.5, 0.6) is 0 Å². The second-order valence-corrected chi connectivity index (χ2v) is 6.31. The Kier molecular flexibility index (Phi) is 5.03. The van der Waals surface area contributed by atoms with Gasteiger partial charge in [-0.1, -0.05) is 0 Å². The summed E-state index contributed by atoms with van der Waals surface area (Å²) >= 11 is 0. The van der Waals surface area contributed by atoms with E-state index in [1.807, 2.05) is 4.90 Å². The Morgan fingerprint density at radius 2 is 1.43 bits per heavy atom. The van der Waals surface area contributed by atoms with Crippen molar-refractivity contribution in [3.05, 3.63) is 0 Å². The van der Waals surface area contributed by atoms with E-state index in [2.05, 4.69) is 0 Å². The van der Waals surface area contributed by atoms with Crippen LogP contribution in [0.2, 0.25) is 0 Å². The monoisotopic (exact) mass is 301 g/mol. The lowest BCUT2D eigenvalue weighted by molar-refractivity contribution is 0.0613. The molecule has 120 valence electrons. The van der Waals surface area contributed by atoms with Crippen molar-refractivity contribution in [1.29, 1.82) is 0 Å². The number of rotatable bonds is 2. The van der Waals surface area contributed by atoms with Crippen molar-refractivity contribution in [1.82, 2.24) is 14.7 Å². The average Bonchev–Trinajstić information content (AvgIpc) is 2.91. The van der Waals surface area contributed by atoms with Gasteiger partial charge in [0, 0.05) is 45.8 Å². The lowest BCUT2D eigenvalue weighted by atomic mass is 10.1. The van der Waals surface area contributed by atoms with Crippen LogP contribution in [0, 0.1) is 0 Å². The van der Waals surface area contributed by atoms with Crippen LogP contribution in [0.15, 0.2) is 0 Å². The highest BCUT2D eigenvalue weighted by molar-refractivity contribution is 5.83. The Morgan fingerprint density at radius 3 is 1.90 bits per heavy atom. The van der Waals surface area contributed by atoms with Crippen LogP contribution in [0.25, 0.3) is 0 Å². The molecule has 0 bridgehead atoms. The number of alkyl halides is 1. The molecule has 2 aliphatic rings. The highest BCUT2D eigenvalue weighted by Crippen LogP contribution is 2.14. The molecule has 0 aromatic carbocycles. The van der Waals surface area contributed by atoms with E-state index in [-0.39, 0.29) is 0 Å². The summed E-state index contributed by atoms with van der Waals surface area (Å²) in [5, 5.41) is 0. The zero-order valence-corrected chi connectivity index (χ0v) is 12.8. The molecule has 0 atom stereocenters. The van der Waals surface area contributed by atoms with Gasteiger partial charge in [-0.2, -0.15) is 0 Å². The Balaban J connectivity index is 1.74. The Morgan fingerprint density at radius 1 is 0.952 bits per heavy atom. The second-order valence-electron chi connectivity index (χ2n) is 6.31. The van der Waals surface area contributed by atoms with Gasteiger partial charge < -0.3 is 14.5 Å². The van der Waals surface area contributed by atoms with Crippen molar-refractivity contribution >= 4 is 12.2 Å². The molecule has 7 heteroatoms. The third kappa shape index (κ3) is 4.84. The summed E-state index contributed by atoms with van der Waals surface area (Å²) in [5.41, 5.74) is -1.24. The van der Waals surface area contributed by atoms with Crippen molar-refractivity contribution in [3.63, 3.8) is 0 Å². The minimum absolute atomic E-state index is 0.350. The maximum Gasteiger partial charge on any atom is 0.418 e. The van der Waals surface area contributed by atoms with Crippen LogP contribution < -0.4 is 0 Å². The minimum Gasteiger partial charge on any atom is -0.359 e. The number of halogens is 1. The van der Waals surface area contributed by atoms with Crippen LogP contribution in [0.4, 0.5) is 14.0 Å². The molecule has 0 radical (unpaired) electrons. The summed E-state index contributed by atoms with van der Waals surface area (Å²) in [6.07, 6.45) is 0.776. The molecule has 2 rings (SSSR count). The van der Waals surface area contributed by atoms with Crippen molar-refractivity contribution < 1.29 is 18.7 Å². The topological polar surface area (TPSA) is 53.1 Å². The Bertz CT molecular complexity index is 383. The summed E-state index contributed by atoms with van der Waals surface area (Å²) in [4.78, 5) is 28.7. The van der Waals surface area contributed by atoms with Crippen LogP contribution >= 0.6 is 0 Å². The molecule has 2 heterocycles. The number of carbonyl (C=O) groups excluding carboxylic acids is 2. The molecule has 0 aromatic rings. The zero-order valence-electron chi connectivity index (χ0n) is 12.8. The van der Waals surface area contributed by atoms with Gasteiger partial charge in [-0.25, -0.2) is 14.0 Å². The van der Waals surface area contributed by atoms with Gasteiger partial charge in [0.05, 0.1) is 0 Å². The fraction of sp³-hybridized carbons (Fsp3) is 0.857. The molecule has 2 fully saturated rings. The standard InChI is InChI=1S/C14H24FN3O3/c1-14(2,15)11-16-7-9-18(10-8-16)13(20)21-12(19)17-5-3-4-6-17/h3-11H2,1-2H3. The van der Waals surface area contributed by atoms with E-state index in [1.54, 1.807) is 18.7 Å². The molecule has 0 unspecified atom stereocenters. The Hall–Kier alpha value is -1.37. The summed E-state index contributed by atoms with van der Waals surface area (Å²) in [6, 6.07) is 0. The molecule has 0 aromatic heterocycles. The lowest BCUT2D eigenvalue weighted by Gasteiger charge is -2.36. The van der Waals surface area contributed by atoms with Gasteiger partial charge in [-0.05, 0) is 26.7 Å². The van der Waals surface area contributed by atoms with Gasteiger partial charge in [0.15, 0.2) is 0 Å². The number of ether oxygens (including phenoxy) is 1. The SMILES string of the molecule is CC(C)(F)CN1CCN(C(=O)OC(=O)N2CCCC2)CC1. The molecule has 2 amide bonds. The predicted molar refractivity (Wildman–Crippen MR) is 75.9 cm³/mol. The van der Waals surface area contributed by atoms with Gasteiger partial charge >= 0.3 is 12.2 Å². The van der Waals surface area contributed by atoms with Crippen molar-refractivity contribution in [2.45, 2.75) is 32.4 Å². The number of hydrogen-bond donors (Lipinski definition) is 0. The molecule has 2 aliphatic heterocycles. The largest absolute Gasteiger partial charge is 0.418 e. The molecule has 0 spiro atoms. The number of hydrogen-bond acceptors (Lipinski definition) is 4. The van der Waals surface area contributed by atoms with Crippen molar-refractivity contribution in [2.75, 3.05) is 45.8 Å². The first-order valence-corrected chi connectivity index (χ1v) is 7.52. The quantitative estimate of drug-likeness (QED) is 0.729. The third-order valence-electron chi connectivity index (χ3n) is 3.77. The van der Waals surface area contributed by atoms with Crippen molar-refractivity contribution in [2.24, 2.45) is 0 Å². The van der Waals surface area contributed by atoms with Crippen molar-refractivity contribution in [3.8, 4) is 0 Å². The maximum atomic E-state index is 13.6. The second kappa shape index (κ2) is 6.60. The van der Waals surface area contributed by atoms with E-state index in [1.165, 1.54) is 4.90 Å². The third-order valence-corrected chi connectivity index (χ3v) is 3.77. The van der Waals surface area contributed by atoms with Crippen LogP contribution in [0.3, 0.4) is 0 Å². The van der Waals surface area contributed by atoms with Crippen LogP contribution in [-0.2, 0) is 4.74 Å². The highest BCUT2D eigenvalue weighted by Gasteiger charge is 2.29. The molecular weight excluding hydrogens is 277 g/mol. The molecule has 6 nitrogen and oxygen atoms in total. The number of likely N-dealkylation sites (tertiary alicyclic amines) is 1. The molecular formula is C14H24FN3O3. The van der Waals surface area contributed by atoms with E-state index in [9.17, 15) is 14.0 Å². The normalized spacial score (nSPS) is 20.7. The number of nitrogens with zero attached hydrogens (tertiary/aromatic N) is 3. The number of carbonyl (C=O) groups is 2. The van der Waals surface area contributed by atoms with Gasteiger partial charge in [0.1, 0.15) is 5.67 Å². The van der Waals surface area contributed by atoms with E-state index < -0.39 is 17.9 Å². The molecule has 0 aliphatic carbocycles. The van der Waals surface area contributed by atoms with Gasteiger partial charge in [-0.15, -0.1) is 0 Å². The fourth-order valence-electron chi connectivity index (χ4n) is 2.72. The first-order chi connectivity index (χ1) is 9.85. The average molecular weight is 301 g/mol. The van der Waals surface area contributed by atoms with E-state index in [0.29, 0.717) is 45.8 Å². The molecule has 21 heavy (non-hydrogen) atoms. The zero-order chi connectivity index (χ0) is 15.5. The lowest BCUT2D eigenvalue weighted by Crippen LogP contribution is -2.52. The summed E-state index contributed by atoms with van der Waals surface area (Å²) in [7, 11) is 0. The van der Waals surface area contributed by atoms with Crippen LogP contribution in [0.1, 0.15) is 26.7 Å². The number of piperazine rings is 1. The maximum absolute atomic E-state index is 13.6. The first kappa shape index (κ1) is 16.0. The van der Waals surface area contributed by atoms with E-state index in [4.69, 9.17) is 4.74 Å².